The third-order valence-electron chi connectivity index (χ3n) is 5.17. The van der Waals surface area contributed by atoms with Crippen molar-refractivity contribution in [2.24, 2.45) is 0 Å². The summed E-state index contributed by atoms with van der Waals surface area (Å²) in [7, 11) is 3.67. The molecule has 3 nitrogen and oxygen atoms in total. The van der Waals surface area contributed by atoms with Crippen molar-refractivity contribution < 1.29 is 9.53 Å². The maximum absolute atomic E-state index is 13.1. The maximum Gasteiger partial charge on any atom is 0.196 e. The second-order valence-electron chi connectivity index (χ2n) is 6.58. The summed E-state index contributed by atoms with van der Waals surface area (Å²) in [5, 5.41) is 3.46. The van der Waals surface area contributed by atoms with Gasteiger partial charge in [0.25, 0.3) is 0 Å². The molecule has 0 spiro atoms. The molecule has 1 aliphatic carbocycles. The molecule has 0 amide bonds. The molecule has 3 aromatic rings. The monoisotopic (exact) mass is 359 g/mol. The Kier molecular flexibility index (Phi) is 3.37. The quantitative estimate of drug-likeness (QED) is 0.569. The van der Waals surface area contributed by atoms with Crippen molar-refractivity contribution in [3.05, 3.63) is 76.3 Å². The molecule has 0 saturated carbocycles. The van der Waals surface area contributed by atoms with Crippen LogP contribution in [0.15, 0.2) is 70.1 Å². The van der Waals surface area contributed by atoms with Crippen LogP contribution < -0.4 is 9.64 Å². The number of allylic oxidation sites excluding steroid dienone is 1. The van der Waals surface area contributed by atoms with E-state index in [1.165, 1.54) is 21.4 Å². The molecule has 26 heavy (non-hydrogen) atoms. The second kappa shape index (κ2) is 5.64. The third-order valence-corrected chi connectivity index (χ3v) is 6.43. The largest absolute Gasteiger partial charge is 0.496 e. The van der Waals surface area contributed by atoms with E-state index in [-0.39, 0.29) is 5.78 Å². The van der Waals surface area contributed by atoms with Gasteiger partial charge in [-0.15, -0.1) is 0 Å². The van der Waals surface area contributed by atoms with Crippen LogP contribution in [0.2, 0.25) is 0 Å². The van der Waals surface area contributed by atoms with Crippen LogP contribution in [0.1, 0.15) is 15.9 Å². The number of ether oxygens (including phenoxy) is 1. The van der Waals surface area contributed by atoms with E-state index in [4.69, 9.17) is 4.74 Å². The molecule has 0 fully saturated rings. The first-order valence-corrected chi connectivity index (χ1v) is 9.37. The van der Waals surface area contributed by atoms with E-state index in [1.807, 2.05) is 18.2 Å². The number of benzene rings is 3. The molecular weight excluding hydrogens is 342 g/mol. The molecule has 0 saturated heterocycles. The van der Waals surface area contributed by atoms with Crippen LogP contribution in [0.4, 0.5) is 5.69 Å². The zero-order valence-electron chi connectivity index (χ0n) is 14.6. The first-order valence-electron chi connectivity index (χ1n) is 8.56. The van der Waals surface area contributed by atoms with Crippen LogP contribution in [0, 0.1) is 0 Å². The lowest BCUT2D eigenvalue weighted by atomic mass is 10.1. The first-order chi connectivity index (χ1) is 12.7. The second-order valence-corrected chi connectivity index (χ2v) is 7.61. The van der Waals surface area contributed by atoms with Crippen LogP contribution in [0.3, 0.4) is 0 Å². The smallest absolute Gasteiger partial charge is 0.196 e. The number of methoxy groups -OCH3 is 1. The molecule has 5 rings (SSSR count). The lowest BCUT2D eigenvalue weighted by Gasteiger charge is -2.17. The maximum atomic E-state index is 13.1. The number of thioether (sulfide) groups is 1. The molecule has 0 atom stereocenters. The fraction of sp³-hybridized carbons (Fsp3) is 0.136. The lowest BCUT2D eigenvalue weighted by Crippen LogP contribution is -2.14. The summed E-state index contributed by atoms with van der Waals surface area (Å²) in [6.45, 7) is 0. The first kappa shape index (κ1) is 15.5. The van der Waals surface area contributed by atoms with Gasteiger partial charge in [-0.3, -0.25) is 4.79 Å². The van der Waals surface area contributed by atoms with Crippen molar-refractivity contribution in [2.45, 2.75) is 11.3 Å². The van der Waals surface area contributed by atoms with Crippen molar-refractivity contribution in [3.8, 4) is 5.75 Å². The fourth-order valence-corrected chi connectivity index (χ4v) is 5.15. The summed E-state index contributed by atoms with van der Waals surface area (Å²) in [5.41, 5.74) is 3.81. The highest BCUT2D eigenvalue weighted by Crippen LogP contribution is 2.51. The average molecular weight is 359 g/mol. The summed E-state index contributed by atoms with van der Waals surface area (Å²) in [6, 6.07) is 18.5. The van der Waals surface area contributed by atoms with Crippen molar-refractivity contribution in [1.82, 2.24) is 0 Å². The van der Waals surface area contributed by atoms with Gasteiger partial charge in [-0.25, -0.2) is 0 Å². The van der Waals surface area contributed by atoms with E-state index in [0.717, 1.165) is 16.2 Å². The number of hydrogen-bond acceptors (Lipinski definition) is 4. The number of hydrogen-bond donors (Lipinski definition) is 0. The molecule has 1 heterocycles. The highest BCUT2D eigenvalue weighted by Gasteiger charge is 2.35. The predicted octanol–water partition coefficient (Wildman–Crippen LogP) is 5.04. The van der Waals surface area contributed by atoms with Gasteiger partial charge in [0, 0.05) is 29.3 Å². The number of carbonyl (C=O) groups excluding carboxylic acids is 1. The molecule has 0 N–H and O–H groups in total. The minimum Gasteiger partial charge on any atom is -0.496 e. The average Bonchev–Trinajstić information content (AvgIpc) is 3.19. The van der Waals surface area contributed by atoms with Crippen LogP contribution in [-0.2, 0) is 6.42 Å². The number of fused-ring (bicyclic) bond motifs is 4. The zero-order valence-corrected chi connectivity index (χ0v) is 15.4. The molecule has 0 aromatic heterocycles. The highest BCUT2D eigenvalue weighted by atomic mass is 32.2. The third kappa shape index (κ3) is 2.05. The molecule has 3 aromatic carbocycles. The summed E-state index contributed by atoms with van der Waals surface area (Å²) in [4.78, 5) is 16.5. The lowest BCUT2D eigenvalue weighted by molar-refractivity contribution is 0.103. The van der Waals surface area contributed by atoms with Crippen LogP contribution in [0.5, 0.6) is 5.75 Å². The Balaban J connectivity index is 1.66. The van der Waals surface area contributed by atoms with E-state index < -0.39 is 0 Å². The zero-order chi connectivity index (χ0) is 17.8. The van der Waals surface area contributed by atoms with Gasteiger partial charge in [0.1, 0.15) is 5.75 Å². The summed E-state index contributed by atoms with van der Waals surface area (Å²) in [5.74, 6) is 0.751. The van der Waals surface area contributed by atoms with Gasteiger partial charge in [0.2, 0.25) is 0 Å². The van der Waals surface area contributed by atoms with Gasteiger partial charge < -0.3 is 9.64 Å². The van der Waals surface area contributed by atoms with E-state index >= 15 is 0 Å². The summed E-state index contributed by atoms with van der Waals surface area (Å²) in [6.07, 6.45) is 0.657. The van der Waals surface area contributed by atoms with E-state index in [9.17, 15) is 4.79 Å². The number of Topliss-reactive ketones (excluding diaryl/α,β-unsaturated/α-hetero) is 1. The van der Waals surface area contributed by atoms with Crippen molar-refractivity contribution in [2.75, 3.05) is 19.1 Å². The van der Waals surface area contributed by atoms with Gasteiger partial charge in [-0.05, 0) is 23.1 Å². The number of rotatable bonds is 1. The fourth-order valence-electron chi connectivity index (χ4n) is 3.95. The molecular formula is C22H17NO2S. The van der Waals surface area contributed by atoms with Gasteiger partial charge in [-0.2, -0.15) is 0 Å². The molecule has 1 aliphatic heterocycles. The Bertz CT molecular complexity index is 1120. The molecule has 2 aliphatic rings. The van der Waals surface area contributed by atoms with Crippen molar-refractivity contribution in [3.63, 3.8) is 0 Å². The van der Waals surface area contributed by atoms with Gasteiger partial charge in [-0.1, -0.05) is 54.2 Å². The Morgan fingerprint density at radius 1 is 1.04 bits per heavy atom. The Morgan fingerprint density at radius 2 is 1.88 bits per heavy atom. The topological polar surface area (TPSA) is 29.5 Å². The minimum atomic E-state index is 0.0870. The SMILES string of the molecule is COc1cccc2c1C(=O)C(=C1Sc3ccc4ccccc4c3N1C)C2. The molecule has 0 bridgehead atoms. The van der Waals surface area contributed by atoms with E-state index in [0.29, 0.717) is 17.7 Å². The Hall–Kier alpha value is -2.72. The molecule has 128 valence electrons. The minimum absolute atomic E-state index is 0.0870. The van der Waals surface area contributed by atoms with Gasteiger partial charge >= 0.3 is 0 Å². The Morgan fingerprint density at radius 3 is 2.73 bits per heavy atom. The van der Waals surface area contributed by atoms with Crippen molar-refractivity contribution >= 4 is 34.0 Å². The van der Waals surface area contributed by atoms with Crippen LogP contribution >= 0.6 is 11.8 Å². The van der Waals surface area contributed by atoms with Crippen LogP contribution in [0.25, 0.3) is 10.8 Å². The van der Waals surface area contributed by atoms with E-state index in [1.54, 1.807) is 18.9 Å². The normalized spacial score (nSPS) is 18.4. The number of ketones is 1. The van der Waals surface area contributed by atoms with E-state index in [2.05, 4.69) is 48.3 Å². The molecule has 0 radical (unpaired) electrons. The predicted molar refractivity (Wildman–Crippen MR) is 106 cm³/mol. The van der Waals surface area contributed by atoms with Crippen LogP contribution in [-0.4, -0.2) is 19.9 Å². The Labute approximate surface area is 156 Å². The standard InChI is InChI=1S/C22H17NO2S/c1-23-20-15-8-4-3-6-13(15)10-11-18(20)26-22(23)16-12-14-7-5-9-17(25-2)19(14)21(16)24/h3-11H,12H2,1-2H3. The summed E-state index contributed by atoms with van der Waals surface area (Å²) >= 11 is 1.69. The number of carbonyl (C=O) groups is 1. The number of nitrogens with zero attached hydrogens (tertiary/aromatic N) is 1. The van der Waals surface area contributed by atoms with Gasteiger partial charge in [0.15, 0.2) is 5.78 Å². The van der Waals surface area contributed by atoms with Crippen molar-refractivity contribution in [1.29, 1.82) is 0 Å². The number of anilines is 1. The molecule has 4 heteroatoms. The van der Waals surface area contributed by atoms with Gasteiger partial charge in [0.05, 0.1) is 23.4 Å². The highest BCUT2D eigenvalue weighted by molar-refractivity contribution is 8.03. The summed E-state index contributed by atoms with van der Waals surface area (Å²) < 4.78 is 5.42. The molecule has 0 unspecified atom stereocenters.